The van der Waals surface area contributed by atoms with Crippen LogP contribution in [-0.4, -0.2) is 27.7 Å². The van der Waals surface area contributed by atoms with Gasteiger partial charge >= 0.3 is 0 Å². The van der Waals surface area contributed by atoms with Crippen molar-refractivity contribution in [3.05, 3.63) is 24.0 Å². The molecular formula is C13H19N5. The molecule has 1 fully saturated rings. The normalized spacial score (nSPS) is 17.1. The lowest BCUT2D eigenvalue weighted by Crippen LogP contribution is -2.25. The van der Waals surface area contributed by atoms with Gasteiger partial charge in [0.15, 0.2) is 5.65 Å². The maximum absolute atomic E-state index is 5.60. The van der Waals surface area contributed by atoms with Crippen molar-refractivity contribution < 1.29 is 0 Å². The van der Waals surface area contributed by atoms with Gasteiger partial charge in [-0.25, -0.2) is 9.50 Å². The van der Waals surface area contributed by atoms with E-state index in [1.165, 1.54) is 25.7 Å². The van der Waals surface area contributed by atoms with Crippen molar-refractivity contribution in [2.24, 2.45) is 5.73 Å². The Morgan fingerprint density at radius 1 is 1.11 bits per heavy atom. The zero-order chi connectivity index (χ0) is 12.4. The Morgan fingerprint density at radius 3 is 2.61 bits per heavy atom. The molecule has 0 saturated carbocycles. The van der Waals surface area contributed by atoms with E-state index in [0.717, 1.165) is 30.2 Å². The van der Waals surface area contributed by atoms with Gasteiger partial charge < -0.3 is 10.6 Å². The lowest BCUT2D eigenvalue weighted by atomic mass is 10.2. The number of nitrogens with two attached hydrogens (primary N) is 1. The first-order valence-corrected chi connectivity index (χ1v) is 6.67. The fourth-order valence-corrected chi connectivity index (χ4v) is 2.49. The molecule has 96 valence electrons. The molecule has 1 aliphatic heterocycles. The van der Waals surface area contributed by atoms with Crippen molar-refractivity contribution in [1.82, 2.24) is 14.6 Å². The van der Waals surface area contributed by atoms with Gasteiger partial charge in [0.1, 0.15) is 5.82 Å². The number of aromatic nitrogens is 3. The summed E-state index contributed by atoms with van der Waals surface area (Å²) in [4.78, 5) is 6.76. The summed E-state index contributed by atoms with van der Waals surface area (Å²) in [6.45, 7) is 2.68. The van der Waals surface area contributed by atoms with Crippen LogP contribution in [0.5, 0.6) is 0 Å². The molecule has 5 nitrogen and oxygen atoms in total. The predicted molar refractivity (Wildman–Crippen MR) is 71.6 cm³/mol. The quantitative estimate of drug-likeness (QED) is 0.872. The van der Waals surface area contributed by atoms with Crippen LogP contribution in [0.15, 0.2) is 18.3 Å². The molecule has 0 spiro atoms. The first-order chi connectivity index (χ1) is 8.86. The van der Waals surface area contributed by atoms with E-state index in [-0.39, 0.29) is 0 Å². The van der Waals surface area contributed by atoms with Gasteiger partial charge in [-0.2, -0.15) is 0 Å². The third-order valence-corrected chi connectivity index (χ3v) is 3.50. The molecule has 0 atom stereocenters. The Labute approximate surface area is 107 Å². The predicted octanol–water partition coefficient (Wildman–Crippen LogP) is 1.57. The molecule has 0 radical (unpaired) electrons. The average molecular weight is 245 g/mol. The second-order valence-corrected chi connectivity index (χ2v) is 4.83. The van der Waals surface area contributed by atoms with Gasteiger partial charge in [0.2, 0.25) is 0 Å². The van der Waals surface area contributed by atoms with Crippen LogP contribution in [-0.2, 0) is 6.54 Å². The molecular weight excluding hydrogens is 226 g/mol. The molecule has 2 N–H and O–H groups in total. The van der Waals surface area contributed by atoms with Crippen LogP contribution in [0.2, 0.25) is 0 Å². The van der Waals surface area contributed by atoms with Crippen LogP contribution in [0, 0.1) is 0 Å². The summed E-state index contributed by atoms with van der Waals surface area (Å²) in [5.41, 5.74) is 7.36. The van der Waals surface area contributed by atoms with Crippen molar-refractivity contribution in [1.29, 1.82) is 0 Å². The third kappa shape index (κ3) is 2.18. The molecule has 0 aliphatic carbocycles. The SMILES string of the molecule is NCc1cn2nc(N3CCCCCC3)ccc2n1. The first kappa shape index (κ1) is 11.5. The number of imidazole rings is 1. The topological polar surface area (TPSA) is 59.5 Å². The summed E-state index contributed by atoms with van der Waals surface area (Å²) in [7, 11) is 0. The van der Waals surface area contributed by atoms with Crippen molar-refractivity contribution in [2.45, 2.75) is 32.2 Å². The van der Waals surface area contributed by atoms with Crippen molar-refractivity contribution in [3.8, 4) is 0 Å². The van der Waals surface area contributed by atoms with Crippen LogP contribution < -0.4 is 10.6 Å². The molecule has 3 rings (SSSR count). The largest absolute Gasteiger partial charge is 0.355 e. The highest BCUT2D eigenvalue weighted by atomic mass is 15.3. The zero-order valence-corrected chi connectivity index (χ0v) is 10.5. The van der Waals surface area contributed by atoms with E-state index in [1.54, 1.807) is 0 Å². The molecule has 2 aromatic rings. The third-order valence-electron chi connectivity index (χ3n) is 3.50. The van der Waals surface area contributed by atoms with Crippen molar-refractivity contribution in [3.63, 3.8) is 0 Å². The molecule has 0 amide bonds. The van der Waals surface area contributed by atoms with E-state index in [1.807, 2.05) is 16.8 Å². The number of nitrogens with zero attached hydrogens (tertiary/aromatic N) is 4. The standard InChI is InChI=1S/C13H19N5/c14-9-11-10-18-12(15-11)5-6-13(16-18)17-7-3-1-2-4-8-17/h5-6,10H,1-4,7-9,14H2. The van der Waals surface area contributed by atoms with Gasteiger partial charge in [-0.05, 0) is 25.0 Å². The molecule has 3 heterocycles. The first-order valence-electron chi connectivity index (χ1n) is 6.67. The van der Waals surface area contributed by atoms with Crippen molar-refractivity contribution >= 4 is 11.5 Å². The van der Waals surface area contributed by atoms with Crippen LogP contribution in [0.1, 0.15) is 31.4 Å². The number of fused-ring (bicyclic) bond motifs is 1. The minimum atomic E-state index is 0.461. The molecule has 0 aromatic carbocycles. The number of hydrogen-bond donors (Lipinski definition) is 1. The summed E-state index contributed by atoms with van der Waals surface area (Å²) in [6.07, 6.45) is 7.11. The van der Waals surface area contributed by atoms with Gasteiger partial charge in [0.05, 0.1) is 11.9 Å². The second-order valence-electron chi connectivity index (χ2n) is 4.83. The van der Waals surface area contributed by atoms with E-state index in [2.05, 4.69) is 21.0 Å². The second kappa shape index (κ2) is 4.94. The summed E-state index contributed by atoms with van der Waals surface area (Å²) < 4.78 is 1.84. The maximum atomic E-state index is 5.60. The Morgan fingerprint density at radius 2 is 1.89 bits per heavy atom. The lowest BCUT2D eigenvalue weighted by molar-refractivity contribution is 0.726. The fourth-order valence-electron chi connectivity index (χ4n) is 2.49. The minimum absolute atomic E-state index is 0.461. The Kier molecular flexibility index (Phi) is 3.15. The highest BCUT2D eigenvalue weighted by molar-refractivity contribution is 5.46. The molecule has 5 heteroatoms. The summed E-state index contributed by atoms with van der Waals surface area (Å²) >= 11 is 0. The number of rotatable bonds is 2. The van der Waals surface area contributed by atoms with Crippen LogP contribution in [0.4, 0.5) is 5.82 Å². The highest BCUT2D eigenvalue weighted by Crippen LogP contribution is 2.17. The average Bonchev–Trinajstić information content (AvgIpc) is 2.62. The molecule has 2 aromatic heterocycles. The molecule has 0 unspecified atom stereocenters. The van der Waals surface area contributed by atoms with E-state index in [9.17, 15) is 0 Å². The van der Waals surface area contributed by atoms with E-state index < -0.39 is 0 Å². The van der Waals surface area contributed by atoms with Crippen LogP contribution in [0.3, 0.4) is 0 Å². The fraction of sp³-hybridized carbons (Fsp3) is 0.538. The number of anilines is 1. The Bertz CT molecular complexity index is 525. The van der Waals surface area contributed by atoms with Crippen LogP contribution >= 0.6 is 0 Å². The van der Waals surface area contributed by atoms with E-state index in [0.29, 0.717) is 6.54 Å². The Hall–Kier alpha value is -1.62. The van der Waals surface area contributed by atoms with Gasteiger partial charge in [0, 0.05) is 19.6 Å². The van der Waals surface area contributed by atoms with Gasteiger partial charge in [-0.3, -0.25) is 0 Å². The summed E-state index contributed by atoms with van der Waals surface area (Å²) in [6, 6.07) is 4.08. The molecule has 0 bridgehead atoms. The van der Waals surface area contributed by atoms with E-state index >= 15 is 0 Å². The molecule has 18 heavy (non-hydrogen) atoms. The number of hydrogen-bond acceptors (Lipinski definition) is 4. The van der Waals surface area contributed by atoms with Gasteiger partial charge in [-0.15, -0.1) is 5.10 Å². The van der Waals surface area contributed by atoms with E-state index in [4.69, 9.17) is 5.73 Å². The van der Waals surface area contributed by atoms with Gasteiger partial charge in [-0.1, -0.05) is 12.8 Å². The summed E-state index contributed by atoms with van der Waals surface area (Å²) in [5, 5.41) is 4.63. The maximum Gasteiger partial charge on any atom is 0.153 e. The van der Waals surface area contributed by atoms with Gasteiger partial charge in [0.25, 0.3) is 0 Å². The molecule has 1 saturated heterocycles. The summed E-state index contributed by atoms with van der Waals surface area (Å²) in [5.74, 6) is 1.05. The Balaban J connectivity index is 1.91. The highest BCUT2D eigenvalue weighted by Gasteiger charge is 2.12. The lowest BCUT2D eigenvalue weighted by Gasteiger charge is -2.20. The zero-order valence-electron chi connectivity index (χ0n) is 10.5. The van der Waals surface area contributed by atoms with Crippen LogP contribution in [0.25, 0.3) is 5.65 Å². The monoisotopic (exact) mass is 245 g/mol. The van der Waals surface area contributed by atoms with Crippen molar-refractivity contribution in [2.75, 3.05) is 18.0 Å². The minimum Gasteiger partial charge on any atom is -0.355 e. The molecule has 1 aliphatic rings. The smallest absolute Gasteiger partial charge is 0.153 e.